The third-order valence-corrected chi connectivity index (χ3v) is 5.71. The fourth-order valence-corrected chi connectivity index (χ4v) is 3.93. The Hall–Kier alpha value is -2.45. The molecule has 1 unspecified atom stereocenters. The molecular formula is C20H24FN3O4. The number of fused-ring (bicyclic) bond motifs is 1. The lowest BCUT2D eigenvalue weighted by molar-refractivity contribution is -0.00197. The summed E-state index contributed by atoms with van der Waals surface area (Å²) in [5.41, 5.74) is 0.00870. The highest BCUT2D eigenvalue weighted by Crippen LogP contribution is 2.38. The molecular weight excluding hydrogens is 365 g/mol. The number of nitrogens with zero attached hydrogens (tertiary/aromatic N) is 3. The molecule has 1 aromatic heterocycles. The molecule has 1 atom stereocenters. The Morgan fingerprint density at radius 2 is 1.93 bits per heavy atom. The summed E-state index contributed by atoms with van der Waals surface area (Å²) in [6.45, 7) is 4.31. The second-order valence-electron chi connectivity index (χ2n) is 7.55. The highest BCUT2D eigenvalue weighted by Gasteiger charge is 2.29. The first-order valence-electron chi connectivity index (χ1n) is 9.69. The van der Waals surface area contributed by atoms with Gasteiger partial charge in [-0.2, -0.15) is 0 Å². The maximum Gasteiger partial charge on any atom is 0.341 e. The van der Waals surface area contributed by atoms with E-state index in [-0.39, 0.29) is 17.0 Å². The van der Waals surface area contributed by atoms with Crippen molar-refractivity contribution < 1.29 is 19.4 Å². The number of aromatic nitrogens is 1. The van der Waals surface area contributed by atoms with Crippen molar-refractivity contribution >= 4 is 22.6 Å². The van der Waals surface area contributed by atoms with Crippen LogP contribution in [-0.2, 0) is 0 Å². The molecule has 1 aromatic carbocycles. The minimum Gasteiger partial charge on any atom is -0.477 e. The first-order chi connectivity index (χ1) is 13.4. The zero-order valence-corrected chi connectivity index (χ0v) is 15.8. The van der Waals surface area contributed by atoms with Crippen LogP contribution in [0.1, 0.15) is 42.6 Å². The molecule has 150 valence electrons. The van der Waals surface area contributed by atoms with E-state index in [4.69, 9.17) is 0 Å². The maximum absolute atomic E-state index is 14.9. The van der Waals surface area contributed by atoms with Crippen molar-refractivity contribution in [1.29, 1.82) is 0 Å². The maximum atomic E-state index is 14.9. The Labute approximate surface area is 161 Å². The summed E-state index contributed by atoms with van der Waals surface area (Å²) < 4.78 is 16.7. The number of hydrogen-bond donors (Lipinski definition) is 2. The quantitative estimate of drug-likeness (QED) is 0.814. The van der Waals surface area contributed by atoms with E-state index in [0.29, 0.717) is 43.8 Å². The largest absolute Gasteiger partial charge is 0.477 e. The molecule has 0 amide bonds. The lowest BCUT2D eigenvalue weighted by atomic mass is 10.1. The summed E-state index contributed by atoms with van der Waals surface area (Å²) in [5.74, 6) is -1.82. The van der Waals surface area contributed by atoms with Crippen LogP contribution in [0.25, 0.3) is 10.9 Å². The summed E-state index contributed by atoms with van der Waals surface area (Å²) in [5, 5.41) is 19.4. The number of anilines is 1. The first kappa shape index (κ1) is 18.9. The number of carbonyl (C=O) groups is 1. The third-order valence-electron chi connectivity index (χ3n) is 5.71. The zero-order chi connectivity index (χ0) is 20.0. The van der Waals surface area contributed by atoms with Crippen molar-refractivity contribution in [3.05, 3.63) is 39.9 Å². The van der Waals surface area contributed by atoms with Crippen LogP contribution < -0.4 is 10.3 Å². The predicted molar refractivity (Wildman–Crippen MR) is 103 cm³/mol. The predicted octanol–water partition coefficient (Wildman–Crippen LogP) is 2.02. The second-order valence-corrected chi connectivity index (χ2v) is 7.55. The van der Waals surface area contributed by atoms with Crippen LogP contribution in [0.5, 0.6) is 0 Å². The van der Waals surface area contributed by atoms with Gasteiger partial charge in [0.2, 0.25) is 5.43 Å². The van der Waals surface area contributed by atoms with Gasteiger partial charge in [-0.3, -0.25) is 9.69 Å². The molecule has 1 saturated heterocycles. The van der Waals surface area contributed by atoms with Crippen molar-refractivity contribution in [2.75, 3.05) is 31.1 Å². The standard InChI is InChI=1S/C20H24FN3O4/c1-2-18(25)23-7-5-22(6-8-23)17-10-16-13(9-15(17)21)19(26)14(20(27)28)11-24(16)12-3-4-12/h9-12,18,25H,2-8H2,1H3,(H,27,28). The average Bonchev–Trinajstić information content (AvgIpc) is 3.52. The number of hydrogen-bond acceptors (Lipinski definition) is 5. The molecule has 2 aromatic rings. The van der Waals surface area contributed by atoms with Gasteiger partial charge in [-0.25, -0.2) is 9.18 Å². The van der Waals surface area contributed by atoms with Crippen molar-refractivity contribution in [2.24, 2.45) is 0 Å². The number of carboxylic acids is 1. The van der Waals surface area contributed by atoms with E-state index >= 15 is 0 Å². The van der Waals surface area contributed by atoms with Gasteiger partial charge < -0.3 is 19.7 Å². The normalized spacial score (nSPS) is 19.2. The number of halogens is 1. The van der Waals surface area contributed by atoms with Gasteiger partial charge in [0.15, 0.2) is 0 Å². The molecule has 7 nitrogen and oxygen atoms in total. The summed E-state index contributed by atoms with van der Waals surface area (Å²) >= 11 is 0. The van der Waals surface area contributed by atoms with Crippen molar-refractivity contribution in [2.45, 2.75) is 38.5 Å². The van der Waals surface area contributed by atoms with E-state index < -0.39 is 23.4 Å². The minimum absolute atomic E-state index is 0.105. The Morgan fingerprint density at radius 3 is 2.50 bits per heavy atom. The number of aliphatic hydroxyl groups excluding tert-OH is 1. The lowest BCUT2D eigenvalue weighted by Gasteiger charge is -2.38. The first-order valence-corrected chi connectivity index (χ1v) is 9.69. The molecule has 0 spiro atoms. The molecule has 2 fully saturated rings. The molecule has 1 saturated carbocycles. The summed E-state index contributed by atoms with van der Waals surface area (Å²) in [7, 11) is 0. The average molecular weight is 389 g/mol. The van der Waals surface area contributed by atoms with E-state index in [1.165, 1.54) is 12.3 Å². The number of aliphatic hydroxyl groups is 1. The fraction of sp³-hybridized carbons (Fsp3) is 0.500. The Morgan fingerprint density at radius 1 is 1.25 bits per heavy atom. The van der Waals surface area contributed by atoms with E-state index in [0.717, 1.165) is 12.8 Å². The van der Waals surface area contributed by atoms with Gasteiger partial charge in [-0.05, 0) is 31.4 Å². The highest BCUT2D eigenvalue weighted by atomic mass is 19.1. The second kappa shape index (κ2) is 7.18. The molecule has 1 aliphatic carbocycles. The van der Waals surface area contributed by atoms with Gasteiger partial charge in [-0.1, -0.05) is 6.92 Å². The molecule has 2 N–H and O–H groups in total. The van der Waals surface area contributed by atoms with Crippen LogP contribution >= 0.6 is 0 Å². The molecule has 28 heavy (non-hydrogen) atoms. The van der Waals surface area contributed by atoms with E-state index in [1.54, 1.807) is 10.6 Å². The smallest absolute Gasteiger partial charge is 0.341 e. The fourth-order valence-electron chi connectivity index (χ4n) is 3.93. The molecule has 0 bridgehead atoms. The van der Waals surface area contributed by atoms with Crippen LogP contribution in [0, 0.1) is 5.82 Å². The monoisotopic (exact) mass is 389 g/mol. The number of pyridine rings is 1. The van der Waals surface area contributed by atoms with Crippen molar-refractivity contribution in [1.82, 2.24) is 9.47 Å². The molecule has 1 aliphatic heterocycles. The molecule has 2 heterocycles. The molecule has 8 heteroatoms. The minimum atomic E-state index is -1.30. The number of carboxylic acid groups (broad SMARTS) is 1. The van der Waals surface area contributed by atoms with Crippen LogP contribution in [0.2, 0.25) is 0 Å². The topological polar surface area (TPSA) is 86.0 Å². The van der Waals surface area contributed by atoms with Gasteiger partial charge in [0.05, 0.1) is 11.2 Å². The molecule has 2 aliphatic rings. The Balaban J connectivity index is 1.74. The Bertz CT molecular complexity index is 978. The number of piperazine rings is 1. The van der Waals surface area contributed by atoms with E-state index in [2.05, 4.69) is 0 Å². The van der Waals surface area contributed by atoms with Crippen LogP contribution in [0.4, 0.5) is 10.1 Å². The van der Waals surface area contributed by atoms with Gasteiger partial charge >= 0.3 is 5.97 Å². The highest BCUT2D eigenvalue weighted by molar-refractivity contribution is 5.93. The lowest BCUT2D eigenvalue weighted by Crippen LogP contribution is -2.50. The zero-order valence-electron chi connectivity index (χ0n) is 15.8. The number of benzene rings is 1. The van der Waals surface area contributed by atoms with E-state index in [9.17, 15) is 24.2 Å². The SMILES string of the molecule is CCC(O)N1CCN(c2cc3c(cc2F)c(=O)c(C(=O)O)cn3C2CC2)CC1. The summed E-state index contributed by atoms with van der Waals surface area (Å²) in [6.07, 6.45) is 3.37. The molecule has 4 rings (SSSR count). The Kier molecular flexibility index (Phi) is 4.84. The van der Waals surface area contributed by atoms with Gasteiger partial charge in [0, 0.05) is 43.8 Å². The van der Waals surface area contributed by atoms with E-state index in [1.807, 2.05) is 16.7 Å². The summed E-state index contributed by atoms with van der Waals surface area (Å²) in [4.78, 5) is 27.9. The third kappa shape index (κ3) is 3.27. The number of aromatic carboxylic acids is 1. The van der Waals surface area contributed by atoms with Crippen LogP contribution in [-0.4, -0.2) is 58.1 Å². The molecule has 0 radical (unpaired) electrons. The van der Waals surface area contributed by atoms with Gasteiger partial charge in [-0.15, -0.1) is 0 Å². The summed E-state index contributed by atoms with van der Waals surface area (Å²) in [6, 6.07) is 2.99. The van der Waals surface area contributed by atoms with Crippen molar-refractivity contribution in [3.63, 3.8) is 0 Å². The van der Waals surface area contributed by atoms with Gasteiger partial charge in [0.1, 0.15) is 17.6 Å². The number of rotatable bonds is 5. The van der Waals surface area contributed by atoms with Gasteiger partial charge in [0.25, 0.3) is 0 Å². The van der Waals surface area contributed by atoms with Crippen LogP contribution in [0.15, 0.2) is 23.1 Å². The van der Waals surface area contributed by atoms with Crippen molar-refractivity contribution in [3.8, 4) is 0 Å². The van der Waals surface area contributed by atoms with Crippen LogP contribution in [0.3, 0.4) is 0 Å².